The summed E-state index contributed by atoms with van der Waals surface area (Å²) in [5.41, 5.74) is 8.12. The molecule has 0 bridgehead atoms. The molecule has 3 heteroatoms. The molecule has 4 rings (SSSR count). The first-order chi connectivity index (χ1) is 14.8. The third-order valence-electron chi connectivity index (χ3n) is 5.61. The van der Waals surface area contributed by atoms with E-state index < -0.39 is 0 Å². The fraction of sp³-hybridized carbons (Fsp3) is 0.333. The Morgan fingerprint density at radius 1 is 0.900 bits per heavy atom. The average Bonchev–Trinajstić information content (AvgIpc) is 2.97. The molecular weight excluding hydrogens is 386 g/mol. The highest BCUT2D eigenvalue weighted by atomic mass is 32.2. The molecule has 3 aromatic carbocycles. The van der Waals surface area contributed by atoms with Crippen LogP contribution in [0.25, 0.3) is 11.1 Å². The fourth-order valence-corrected chi connectivity index (χ4v) is 4.67. The van der Waals surface area contributed by atoms with Gasteiger partial charge in [-0.05, 0) is 95.3 Å². The SMILES string of the molecule is CCSCCCOc1ccc2c(c1)CCCc1ccc(CNc3ccccc3)cc1-2. The minimum atomic E-state index is 0.803. The van der Waals surface area contributed by atoms with Gasteiger partial charge in [0.15, 0.2) is 0 Å². The van der Waals surface area contributed by atoms with Gasteiger partial charge in [-0.1, -0.05) is 43.3 Å². The van der Waals surface area contributed by atoms with Gasteiger partial charge in [-0.25, -0.2) is 0 Å². The Hall–Kier alpha value is -2.39. The van der Waals surface area contributed by atoms with Crippen molar-refractivity contribution in [2.24, 2.45) is 0 Å². The second-order valence-corrected chi connectivity index (χ2v) is 9.18. The second-order valence-electron chi connectivity index (χ2n) is 7.78. The first-order valence-electron chi connectivity index (χ1n) is 11.1. The highest BCUT2D eigenvalue weighted by molar-refractivity contribution is 7.99. The number of anilines is 1. The largest absolute Gasteiger partial charge is 0.494 e. The normalized spacial score (nSPS) is 12.6. The molecule has 0 radical (unpaired) electrons. The van der Waals surface area contributed by atoms with E-state index in [0.29, 0.717) is 0 Å². The summed E-state index contributed by atoms with van der Waals surface area (Å²) in [5, 5.41) is 3.53. The number of hydrogen-bond donors (Lipinski definition) is 1. The number of hydrogen-bond acceptors (Lipinski definition) is 3. The van der Waals surface area contributed by atoms with Crippen LogP contribution < -0.4 is 10.1 Å². The first kappa shape index (κ1) is 20.9. The summed E-state index contributed by atoms with van der Waals surface area (Å²) in [5.74, 6) is 3.37. The molecule has 0 aliphatic heterocycles. The Morgan fingerprint density at radius 3 is 2.63 bits per heavy atom. The van der Waals surface area contributed by atoms with Crippen molar-refractivity contribution in [3.8, 4) is 16.9 Å². The van der Waals surface area contributed by atoms with Gasteiger partial charge in [-0.3, -0.25) is 0 Å². The monoisotopic (exact) mass is 417 g/mol. The molecule has 0 aromatic heterocycles. The number of para-hydroxylation sites is 1. The first-order valence-corrected chi connectivity index (χ1v) is 12.2. The van der Waals surface area contributed by atoms with Crippen LogP contribution in [0.1, 0.15) is 36.5 Å². The molecule has 1 aliphatic carbocycles. The van der Waals surface area contributed by atoms with Crippen LogP contribution >= 0.6 is 11.8 Å². The molecule has 30 heavy (non-hydrogen) atoms. The Labute approximate surface area is 185 Å². The zero-order valence-corrected chi connectivity index (χ0v) is 18.6. The van der Waals surface area contributed by atoms with Crippen LogP contribution in [0.15, 0.2) is 66.7 Å². The summed E-state index contributed by atoms with van der Waals surface area (Å²) in [7, 11) is 0. The number of ether oxygens (including phenoxy) is 1. The Morgan fingerprint density at radius 2 is 1.77 bits per heavy atom. The molecule has 0 spiro atoms. The molecule has 0 amide bonds. The van der Waals surface area contributed by atoms with Crippen molar-refractivity contribution >= 4 is 17.4 Å². The minimum absolute atomic E-state index is 0.803. The lowest BCUT2D eigenvalue weighted by Crippen LogP contribution is -2.01. The van der Waals surface area contributed by atoms with E-state index in [0.717, 1.165) is 43.9 Å². The van der Waals surface area contributed by atoms with Gasteiger partial charge in [-0.2, -0.15) is 11.8 Å². The van der Waals surface area contributed by atoms with Gasteiger partial charge in [0.05, 0.1) is 6.61 Å². The molecule has 0 fully saturated rings. The Bertz CT molecular complexity index is 954. The van der Waals surface area contributed by atoms with Crippen molar-refractivity contribution in [1.29, 1.82) is 0 Å². The van der Waals surface area contributed by atoms with Crippen LogP contribution in [0.4, 0.5) is 5.69 Å². The summed E-state index contributed by atoms with van der Waals surface area (Å²) < 4.78 is 6.04. The predicted molar refractivity (Wildman–Crippen MR) is 131 cm³/mol. The maximum atomic E-state index is 6.04. The highest BCUT2D eigenvalue weighted by Crippen LogP contribution is 2.35. The van der Waals surface area contributed by atoms with Crippen molar-refractivity contribution in [3.05, 3.63) is 83.4 Å². The number of rotatable bonds is 9. The van der Waals surface area contributed by atoms with Crippen LogP contribution in [-0.4, -0.2) is 18.1 Å². The number of nitrogens with one attached hydrogen (secondary N) is 1. The zero-order chi connectivity index (χ0) is 20.6. The maximum Gasteiger partial charge on any atom is 0.119 e. The number of benzene rings is 3. The third-order valence-corrected chi connectivity index (χ3v) is 6.60. The van der Waals surface area contributed by atoms with Gasteiger partial charge in [0, 0.05) is 12.2 Å². The summed E-state index contributed by atoms with van der Waals surface area (Å²) in [6, 6.07) is 24.1. The Kier molecular flexibility index (Phi) is 7.36. The van der Waals surface area contributed by atoms with Gasteiger partial charge in [0.25, 0.3) is 0 Å². The van der Waals surface area contributed by atoms with Crippen LogP contribution in [-0.2, 0) is 19.4 Å². The molecule has 0 saturated carbocycles. The topological polar surface area (TPSA) is 21.3 Å². The quantitative estimate of drug-likeness (QED) is 0.380. The van der Waals surface area contributed by atoms with Gasteiger partial charge in [-0.15, -0.1) is 0 Å². The van der Waals surface area contributed by atoms with Crippen molar-refractivity contribution < 1.29 is 4.74 Å². The average molecular weight is 418 g/mol. The number of thioether (sulfide) groups is 1. The lowest BCUT2D eigenvalue weighted by Gasteiger charge is -2.14. The maximum absolute atomic E-state index is 6.04. The molecule has 0 heterocycles. The van der Waals surface area contributed by atoms with E-state index >= 15 is 0 Å². The summed E-state index contributed by atoms with van der Waals surface area (Å²) >= 11 is 1.98. The van der Waals surface area contributed by atoms with E-state index in [1.54, 1.807) is 0 Å². The Balaban J connectivity index is 1.49. The van der Waals surface area contributed by atoms with E-state index in [9.17, 15) is 0 Å². The highest BCUT2D eigenvalue weighted by Gasteiger charge is 2.16. The molecule has 3 aromatic rings. The molecule has 0 atom stereocenters. The van der Waals surface area contributed by atoms with E-state index in [1.165, 1.54) is 45.7 Å². The standard InChI is InChI=1S/C27H31NOS/c1-2-30-17-7-16-29-25-14-15-26-23(19-25)9-6-8-22-13-12-21(18-27(22)26)20-28-24-10-4-3-5-11-24/h3-5,10-15,18-19,28H,2,6-9,16-17,20H2,1H3. The van der Waals surface area contributed by atoms with Crippen LogP contribution in [0.3, 0.4) is 0 Å². The lowest BCUT2D eigenvalue weighted by atomic mass is 9.94. The zero-order valence-electron chi connectivity index (χ0n) is 17.8. The fourth-order valence-electron chi connectivity index (χ4n) is 4.06. The molecule has 156 valence electrons. The van der Waals surface area contributed by atoms with Crippen molar-refractivity contribution in [2.75, 3.05) is 23.4 Å². The molecular formula is C27H31NOS. The van der Waals surface area contributed by atoms with Crippen LogP contribution in [0.5, 0.6) is 5.75 Å². The molecule has 0 unspecified atom stereocenters. The van der Waals surface area contributed by atoms with Gasteiger partial charge in [0.1, 0.15) is 5.75 Å². The second kappa shape index (κ2) is 10.6. The van der Waals surface area contributed by atoms with E-state index in [1.807, 2.05) is 17.8 Å². The van der Waals surface area contributed by atoms with E-state index in [2.05, 4.69) is 72.9 Å². The van der Waals surface area contributed by atoms with Gasteiger partial charge in [0.2, 0.25) is 0 Å². The summed E-state index contributed by atoms with van der Waals surface area (Å²) in [6.07, 6.45) is 4.56. The van der Waals surface area contributed by atoms with Crippen LogP contribution in [0, 0.1) is 0 Å². The molecule has 2 nitrogen and oxygen atoms in total. The van der Waals surface area contributed by atoms with Crippen molar-refractivity contribution in [1.82, 2.24) is 0 Å². The molecule has 1 N–H and O–H groups in total. The summed E-state index contributed by atoms with van der Waals surface area (Å²) in [4.78, 5) is 0. The molecule has 1 aliphatic rings. The number of aryl methyl sites for hydroxylation is 2. The van der Waals surface area contributed by atoms with E-state index in [-0.39, 0.29) is 0 Å². The van der Waals surface area contributed by atoms with Gasteiger partial charge < -0.3 is 10.1 Å². The van der Waals surface area contributed by atoms with E-state index in [4.69, 9.17) is 4.74 Å². The smallest absolute Gasteiger partial charge is 0.119 e. The summed E-state index contributed by atoms with van der Waals surface area (Å²) in [6.45, 7) is 3.85. The minimum Gasteiger partial charge on any atom is -0.494 e. The lowest BCUT2D eigenvalue weighted by molar-refractivity contribution is 0.318. The predicted octanol–water partition coefficient (Wildman–Crippen LogP) is 6.98. The molecule has 0 saturated heterocycles. The van der Waals surface area contributed by atoms with Crippen LogP contribution in [0.2, 0.25) is 0 Å². The van der Waals surface area contributed by atoms with Crippen molar-refractivity contribution in [3.63, 3.8) is 0 Å². The van der Waals surface area contributed by atoms with Crippen molar-refractivity contribution in [2.45, 2.75) is 39.2 Å². The number of fused-ring (bicyclic) bond motifs is 3. The third kappa shape index (κ3) is 5.40. The van der Waals surface area contributed by atoms with Gasteiger partial charge >= 0.3 is 0 Å².